The number of sulfone groups is 1. The van der Waals surface area contributed by atoms with Crippen molar-refractivity contribution in [3.63, 3.8) is 0 Å². The highest BCUT2D eigenvalue weighted by Gasteiger charge is 2.14. The van der Waals surface area contributed by atoms with Gasteiger partial charge in [-0.2, -0.15) is 5.10 Å². The van der Waals surface area contributed by atoms with Gasteiger partial charge in [0, 0.05) is 18.0 Å². The Labute approximate surface area is 118 Å². The lowest BCUT2D eigenvalue weighted by Crippen LogP contribution is -2.26. The smallest absolute Gasteiger partial charge is 0.175 e. The fourth-order valence-corrected chi connectivity index (χ4v) is 2.52. The Hall–Kier alpha value is -1.66. The predicted octanol–water partition coefficient (Wildman–Crippen LogP) is 1.72. The van der Waals surface area contributed by atoms with E-state index in [4.69, 9.17) is 0 Å². The number of hydrogen-bond acceptors (Lipinski definition) is 4. The molecule has 20 heavy (non-hydrogen) atoms. The van der Waals surface area contributed by atoms with Gasteiger partial charge < -0.3 is 5.11 Å². The monoisotopic (exact) mass is 294 g/mol. The molecule has 0 bridgehead atoms. The van der Waals surface area contributed by atoms with Crippen LogP contribution >= 0.6 is 0 Å². The second kappa shape index (κ2) is 5.03. The molecule has 0 amide bonds. The molecule has 0 atom stereocenters. The third-order valence-corrected chi connectivity index (χ3v) is 3.93. The first-order chi connectivity index (χ1) is 9.15. The summed E-state index contributed by atoms with van der Waals surface area (Å²) in [5.74, 6) is 0. The highest BCUT2D eigenvalue weighted by atomic mass is 32.2. The Morgan fingerprint density at radius 3 is 2.30 bits per heavy atom. The Kier molecular flexibility index (Phi) is 3.71. The van der Waals surface area contributed by atoms with Gasteiger partial charge in [0.05, 0.1) is 23.2 Å². The maximum atomic E-state index is 11.4. The van der Waals surface area contributed by atoms with E-state index in [0.29, 0.717) is 11.4 Å². The van der Waals surface area contributed by atoms with Crippen LogP contribution in [-0.2, 0) is 16.4 Å². The zero-order valence-corrected chi connectivity index (χ0v) is 12.6. The molecule has 0 unspecified atom stereocenters. The minimum atomic E-state index is -3.17. The van der Waals surface area contributed by atoms with Crippen molar-refractivity contribution in [2.45, 2.75) is 30.9 Å². The van der Waals surface area contributed by atoms with Gasteiger partial charge >= 0.3 is 0 Å². The van der Waals surface area contributed by atoms with E-state index in [-0.39, 0.29) is 0 Å². The number of aromatic nitrogens is 2. The van der Waals surface area contributed by atoms with Crippen LogP contribution in [0.15, 0.2) is 41.6 Å². The molecule has 0 radical (unpaired) electrons. The van der Waals surface area contributed by atoms with Crippen molar-refractivity contribution in [2.75, 3.05) is 6.26 Å². The zero-order chi connectivity index (χ0) is 15.0. The van der Waals surface area contributed by atoms with E-state index in [1.807, 2.05) is 6.20 Å². The van der Waals surface area contributed by atoms with E-state index in [2.05, 4.69) is 5.10 Å². The highest BCUT2D eigenvalue weighted by molar-refractivity contribution is 7.90. The van der Waals surface area contributed by atoms with Crippen LogP contribution in [0.3, 0.4) is 0 Å². The Morgan fingerprint density at radius 2 is 1.80 bits per heavy atom. The maximum absolute atomic E-state index is 11.4. The summed E-state index contributed by atoms with van der Waals surface area (Å²) in [6.45, 7) is 3.83. The number of nitrogens with zero attached hydrogens (tertiary/aromatic N) is 2. The number of hydrogen-bond donors (Lipinski definition) is 1. The van der Waals surface area contributed by atoms with Gasteiger partial charge in [-0.05, 0) is 31.5 Å². The molecule has 6 heteroatoms. The van der Waals surface area contributed by atoms with Crippen LogP contribution < -0.4 is 0 Å². The van der Waals surface area contributed by atoms with Crippen molar-refractivity contribution in [1.29, 1.82) is 0 Å². The maximum Gasteiger partial charge on any atom is 0.175 e. The fourth-order valence-electron chi connectivity index (χ4n) is 1.89. The van der Waals surface area contributed by atoms with Crippen molar-refractivity contribution in [1.82, 2.24) is 9.78 Å². The standard InChI is InChI=1S/C14H18N2O3S/c1-14(2,17)10-16-9-12(8-15-16)11-4-6-13(7-5-11)20(3,18)19/h4-9,17H,10H2,1-3H3. The molecule has 0 fully saturated rings. The molecule has 0 spiro atoms. The largest absolute Gasteiger partial charge is 0.389 e. The molecule has 0 aliphatic heterocycles. The first kappa shape index (κ1) is 14.7. The van der Waals surface area contributed by atoms with Gasteiger partial charge in [0.2, 0.25) is 0 Å². The van der Waals surface area contributed by atoms with E-state index in [1.165, 1.54) is 6.26 Å². The van der Waals surface area contributed by atoms with Crippen LogP contribution in [0.5, 0.6) is 0 Å². The number of aliphatic hydroxyl groups is 1. The molecular formula is C14H18N2O3S. The minimum absolute atomic E-state index is 0.296. The zero-order valence-electron chi connectivity index (χ0n) is 11.7. The lowest BCUT2D eigenvalue weighted by Gasteiger charge is -2.16. The molecule has 1 aromatic carbocycles. The van der Waals surface area contributed by atoms with Gasteiger partial charge in [-0.25, -0.2) is 8.42 Å². The van der Waals surface area contributed by atoms with Gasteiger partial charge in [0.1, 0.15) is 0 Å². The number of rotatable bonds is 4. The lowest BCUT2D eigenvalue weighted by atomic mass is 10.1. The van der Waals surface area contributed by atoms with Gasteiger partial charge in [-0.15, -0.1) is 0 Å². The SMILES string of the molecule is CC(C)(O)Cn1cc(-c2ccc(S(C)(=O)=O)cc2)cn1. The second-order valence-corrected chi connectivity index (χ2v) is 7.55. The summed E-state index contributed by atoms with van der Waals surface area (Å²) in [4.78, 5) is 0.296. The molecule has 1 N–H and O–H groups in total. The molecule has 5 nitrogen and oxygen atoms in total. The average Bonchev–Trinajstić information content (AvgIpc) is 2.74. The van der Waals surface area contributed by atoms with Gasteiger partial charge in [0.25, 0.3) is 0 Å². The molecule has 2 rings (SSSR count). The molecule has 2 aromatic rings. The summed E-state index contributed by atoms with van der Waals surface area (Å²) in [5, 5.41) is 13.9. The Morgan fingerprint density at radius 1 is 1.20 bits per heavy atom. The van der Waals surface area contributed by atoms with Crippen molar-refractivity contribution >= 4 is 9.84 Å². The molecule has 108 valence electrons. The Balaban J connectivity index is 2.25. The molecule has 0 saturated carbocycles. The molecule has 1 aromatic heterocycles. The van der Waals surface area contributed by atoms with E-state index < -0.39 is 15.4 Å². The van der Waals surface area contributed by atoms with Crippen molar-refractivity contribution in [2.24, 2.45) is 0 Å². The van der Waals surface area contributed by atoms with Crippen LogP contribution in [0.25, 0.3) is 11.1 Å². The predicted molar refractivity (Wildman–Crippen MR) is 77.1 cm³/mol. The molecule has 1 heterocycles. The van der Waals surface area contributed by atoms with Crippen LogP contribution in [0.4, 0.5) is 0 Å². The van der Waals surface area contributed by atoms with Crippen LogP contribution in [-0.4, -0.2) is 35.2 Å². The molecule has 0 aliphatic carbocycles. The normalized spacial score (nSPS) is 12.6. The minimum Gasteiger partial charge on any atom is -0.389 e. The van der Waals surface area contributed by atoms with Crippen molar-refractivity contribution < 1.29 is 13.5 Å². The molecular weight excluding hydrogens is 276 g/mol. The van der Waals surface area contributed by atoms with E-state index in [1.54, 1.807) is 49.0 Å². The van der Waals surface area contributed by atoms with Crippen molar-refractivity contribution in [3.05, 3.63) is 36.7 Å². The van der Waals surface area contributed by atoms with Gasteiger partial charge in [0.15, 0.2) is 9.84 Å². The van der Waals surface area contributed by atoms with Crippen molar-refractivity contribution in [3.8, 4) is 11.1 Å². The second-order valence-electron chi connectivity index (χ2n) is 5.54. The average molecular weight is 294 g/mol. The van der Waals surface area contributed by atoms with Crippen LogP contribution in [0, 0.1) is 0 Å². The summed E-state index contributed by atoms with van der Waals surface area (Å²) in [6.07, 6.45) is 4.71. The van der Waals surface area contributed by atoms with Gasteiger partial charge in [-0.1, -0.05) is 12.1 Å². The summed E-state index contributed by atoms with van der Waals surface area (Å²) in [6, 6.07) is 6.67. The Bertz CT molecular complexity index is 695. The fraction of sp³-hybridized carbons (Fsp3) is 0.357. The third kappa shape index (κ3) is 3.68. The molecule has 0 saturated heterocycles. The lowest BCUT2D eigenvalue weighted by molar-refractivity contribution is 0.0577. The molecule has 0 aliphatic rings. The number of benzene rings is 1. The van der Waals surface area contributed by atoms with Gasteiger partial charge in [-0.3, -0.25) is 4.68 Å². The topological polar surface area (TPSA) is 72.2 Å². The highest BCUT2D eigenvalue weighted by Crippen LogP contribution is 2.21. The summed E-state index contributed by atoms with van der Waals surface area (Å²) < 4.78 is 24.5. The summed E-state index contributed by atoms with van der Waals surface area (Å²) in [5.41, 5.74) is 0.942. The third-order valence-electron chi connectivity index (χ3n) is 2.80. The first-order valence-corrected chi connectivity index (χ1v) is 8.10. The van der Waals surface area contributed by atoms with E-state index in [0.717, 1.165) is 11.1 Å². The quantitative estimate of drug-likeness (QED) is 0.932. The summed E-state index contributed by atoms with van der Waals surface area (Å²) >= 11 is 0. The summed E-state index contributed by atoms with van der Waals surface area (Å²) in [7, 11) is -3.17. The van der Waals surface area contributed by atoms with E-state index in [9.17, 15) is 13.5 Å². The van der Waals surface area contributed by atoms with Crippen LogP contribution in [0.1, 0.15) is 13.8 Å². The van der Waals surface area contributed by atoms with Crippen LogP contribution in [0.2, 0.25) is 0 Å². The first-order valence-electron chi connectivity index (χ1n) is 6.20. The van der Waals surface area contributed by atoms with E-state index >= 15 is 0 Å².